The van der Waals surface area contributed by atoms with Crippen LogP contribution in [-0.2, 0) is 9.59 Å². The number of amides is 4. The number of hydrogen-bond acceptors (Lipinski definition) is 3. The predicted octanol–water partition coefficient (Wildman–Crippen LogP) is 2.87. The van der Waals surface area contributed by atoms with Crippen molar-refractivity contribution in [2.24, 2.45) is 5.41 Å². The molecule has 1 saturated heterocycles. The summed E-state index contributed by atoms with van der Waals surface area (Å²) in [7, 11) is 0. The van der Waals surface area contributed by atoms with Gasteiger partial charge in [0.15, 0.2) is 0 Å². The molecule has 1 heterocycles. The van der Waals surface area contributed by atoms with E-state index in [1.807, 2.05) is 0 Å². The lowest BCUT2D eigenvalue weighted by Gasteiger charge is -2.41. The van der Waals surface area contributed by atoms with Gasteiger partial charge >= 0.3 is 6.03 Å². The number of nitrogens with zero attached hydrogens (tertiary/aromatic N) is 1. The molecule has 1 aromatic carbocycles. The minimum atomic E-state index is -1.09. The molecule has 0 atom stereocenters. The van der Waals surface area contributed by atoms with E-state index in [0.717, 1.165) is 24.2 Å². The molecule has 2 aliphatic rings. The van der Waals surface area contributed by atoms with E-state index in [9.17, 15) is 14.4 Å². The van der Waals surface area contributed by atoms with Gasteiger partial charge in [0.25, 0.3) is 5.91 Å². The van der Waals surface area contributed by atoms with Crippen LogP contribution in [0.4, 0.5) is 10.5 Å². The van der Waals surface area contributed by atoms with Crippen LogP contribution in [0.5, 0.6) is 0 Å². The number of carbonyl (C=O) groups excluding carboxylic acids is 3. The average Bonchev–Trinajstić information content (AvgIpc) is 2.48. The lowest BCUT2D eigenvalue weighted by Crippen LogP contribution is -2.64. The molecule has 1 aliphatic heterocycles. The lowest BCUT2D eigenvalue weighted by atomic mass is 9.71. The van der Waals surface area contributed by atoms with Crippen molar-refractivity contribution in [2.75, 3.05) is 4.90 Å². The van der Waals surface area contributed by atoms with Gasteiger partial charge in [-0.05, 0) is 37.1 Å². The minimum Gasteiger partial charge on any atom is -0.276 e. The number of hydrogen-bond donors (Lipinski definition) is 1. The summed E-state index contributed by atoms with van der Waals surface area (Å²) in [5, 5.41) is 2.85. The fourth-order valence-corrected chi connectivity index (χ4v) is 3.22. The third-order valence-corrected chi connectivity index (χ3v) is 4.51. The van der Waals surface area contributed by atoms with Crippen LogP contribution in [0.25, 0.3) is 0 Å². The molecule has 1 saturated carbocycles. The van der Waals surface area contributed by atoms with Crippen LogP contribution in [0.2, 0.25) is 5.02 Å². The predicted molar refractivity (Wildman–Crippen MR) is 78.0 cm³/mol. The van der Waals surface area contributed by atoms with Crippen molar-refractivity contribution >= 4 is 35.1 Å². The molecule has 1 spiro atoms. The highest BCUT2D eigenvalue weighted by Crippen LogP contribution is 2.41. The van der Waals surface area contributed by atoms with Crippen LogP contribution < -0.4 is 10.2 Å². The van der Waals surface area contributed by atoms with E-state index in [4.69, 9.17) is 11.6 Å². The zero-order chi connectivity index (χ0) is 15.0. The van der Waals surface area contributed by atoms with Crippen LogP contribution in [-0.4, -0.2) is 17.8 Å². The first-order valence-corrected chi connectivity index (χ1v) is 7.38. The number of urea groups is 1. The molecule has 1 aliphatic carbocycles. The summed E-state index contributed by atoms with van der Waals surface area (Å²) in [6.45, 7) is 0. The second kappa shape index (κ2) is 5.15. The van der Waals surface area contributed by atoms with Gasteiger partial charge in [-0.2, -0.15) is 0 Å². The third kappa shape index (κ3) is 2.21. The van der Waals surface area contributed by atoms with E-state index in [1.54, 1.807) is 24.3 Å². The maximum atomic E-state index is 12.8. The maximum Gasteiger partial charge on any atom is 0.335 e. The van der Waals surface area contributed by atoms with E-state index >= 15 is 0 Å². The highest BCUT2D eigenvalue weighted by Gasteiger charge is 2.54. The smallest absolute Gasteiger partial charge is 0.276 e. The number of anilines is 1. The Balaban J connectivity index is 2.00. The van der Waals surface area contributed by atoms with Gasteiger partial charge in [-0.25, -0.2) is 9.69 Å². The van der Waals surface area contributed by atoms with Gasteiger partial charge in [0, 0.05) is 5.02 Å². The Bertz CT molecular complexity index is 606. The zero-order valence-corrected chi connectivity index (χ0v) is 12.2. The van der Waals surface area contributed by atoms with E-state index in [-0.39, 0.29) is 0 Å². The number of nitrogens with one attached hydrogen (secondary N) is 1. The van der Waals surface area contributed by atoms with Crippen molar-refractivity contribution in [3.63, 3.8) is 0 Å². The lowest BCUT2D eigenvalue weighted by molar-refractivity contribution is -0.144. The van der Waals surface area contributed by atoms with E-state index < -0.39 is 23.3 Å². The second-order valence-corrected chi connectivity index (χ2v) is 5.96. The van der Waals surface area contributed by atoms with Crippen molar-refractivity contribution in [1.29, 1.82) is 0 Å². The van der Waals surface area contributed by atoms with Gasteiger partial charge < -0.3 is 0 Å². The standard InChI is InChI=1S/C15H15ClN2O3/c16-10-4-6-11(7-5-10)18-13(20)15(8-2-1-3-9-15)12(19)17-14(18)21/h4-7H,1-3,8-9H2,(H,17,19,21). The molecule has 0 bridgehead atoms. The van der Waals surface area contributed by atoms with Crippen molar-refractivity contribution in [3.05, 3.63) is 29.3 Å². The summed E-state index contributed by atoms with van der Waals surface area (Å²) >= 11 is 5.83. The molecule has 1 N–H and O–H groups in total. The Morgan fingerprint density at radius 3 is 2.24 bits per heavy atom. The number of benzene rings is 1. The molecule has 5 nitrogen and oxygen atoms in total. The number of rotatable bonds is 1. The van der Waals surface area contributed by atoms with Crippen molar-refractivity contribution < 1.29 is 14.4 Å². The number of carbonyl (C=O) groups is 3. The average molecular weight is 307 g/mol. The van der Waals surface area contributed by atoms with Crippen LogP contribution in [0.3, 0.4) is 0 Å². The van der Waals surface area contributed by atoms with Gasteiger partial charge in [0.05, 0.1) is 5.69 Å². The van der Waals surface area contributed by atoms with Gasteiger partial charge in [-0.15, -0.1) is 0 Å². The highest BCUT2D eigenvalue weighted by atomic mass is 35.5. The normalized spacial score (nSPS) is 21.6. The summed E-state index contributed by atoms with van der Waals surface area (Å²) in [6.07, 6.45) is 3.64. The molecule has 3 rings (SSSR count). The summed E-state index contributed by atoms with van der Waals surface area (Å²) in [5.41, 5.74) is -0.662. The third-order valence-electron chi connectivity index (χ3n) is 4.26. The first-order chi connectivity index (χ1) is 10.0. The molecular weight excluding hydrogens is 292 g/mol. The molecule has 2 fully saturated rings. The number of barbiturate groups is 1. The fourth-order valence-electron chi connectivity index (χ4n) is 3.10. The quantitative estimate of drug-likeness (QED) is 0.811. The fraction of sp³-hybridized carbons (Fsp3) is 0.400. The summed E-state index contributed by atoms with van der Waals surface area (Å²) < 4.78 is 0. The topological polar surface area (TPSA) is 66.5 Å². The Kier molecular flexibility index (Phi) is 3.45. The van der Waals surface area contributed by atoms with Crippen LogP contribution in [0.1, 0.15) is 32.1 Å². The molecule has 1 aromatic rings. The Hall–Kier alpha value is -1.88. The van der Waals surface area contributed by atoms with Gasteiger partial charge in [-0.1, -0.05) is 30.9 Å². The van der Waals surface area contributed by atoms with Crippen LogP contribution in [0.15, 0.2) is 24.3 Å². The second-order valence-electron chi connectivity index (χ2n) is 5.52. The number of halogens is 1. The molecule has 0 radical (unpaired) electrons. The summed E-state index contributed by atoms with van der Waals surface area (Å²) in [5.74, 6) is -0.874. The molecule has 110 valence electrons. The molecule has 21 heavy (non-hydrogen) atoms. The molecule has 6 heteroatoms. The maximum absolute atomic E-state index is 12.8. The van der Waals surface area contributed by atoms with Crippen molar-refractivity contribution in [2.45, 2.75) is 32.1 Å². The van der Waals surface area contributed by atoms with Gasteiger partial charge in [-0.3, -0.25) is 14.9 Å². The molecule has 4 amide bonds. The first kappa shape index (κ1) is 14.1. The van der Waals surface area contributed by atoms with Crippen molar-refractivity contribution in [3.8, 4) is 0 Å². The molecule has 0 aromatic heterocycles. The highest BCUT2D eigenvalue weighted by molar-refractivity contribution is 6.31. The molecule has 0 unspecified atom stereocenters. The van der Waals surface area contributed by atoms with E-state index in [1.165, 1.54) is 0 Å². The largest absolute Gasteiger partial charge is 0.335 e. The van der Waals surface area contributed by atoms with Gasteiger partial charge in [0.1, 0.15) is 5.41 Å². The number of imide groups is 2. The Morgan fingerprint density at radius 1 is 1.00 bits per heavy atom. The zero-order valence-electron chi connectivity index (χ0n) is 11.4. The monoisotopic (exact) mass is 306 g/mol. The van der Waals surface area contributed by atoms with E-state index in [2.05, 4.69) is 5.32 Å². The van der Waals surface area contributed by atoms with Crippen molar-refractivity contribution in [1.82, 2.24) is 5.32 Å². The molecular formula is C15H15ClN2O3. The first-order valence-electron chi connectivity index (χ1n) is 7.00. The summed E-state index contributed by atoms with van der Waals surface area (Å²) in [6, 6.07) is 5.74. The van der Waals surface area contributed by atoms with Crippen LogP contribution in [0, 0.1) is 5.41 Å². The van der Waals surface area contributed by atoms with Crippen LogP contribution >= 0.6 is 11.6 Å². The van der Waals surface area contributed by atoms with E-state index in [0.29, 0.717) is 23.6 Å². The Labute approximate surface area is 127 Å². The summed E-state index contributed by atoms with van der Waals surface area (Å²) in [4.78, 5) is 38.2. The van der Waals surface area contributed by atoms with Gasteiger partial charge in [0.2, 0.25) is 5.91 Å². The Morgan fingerprint density at radius 2 is 1.62 bits per heavy atom. The SMILES string of the molecule is O=C1NC(=O)C2(CCCCC2)C(=O)N1c1ccc(Cl)cc1. The minimum absolute atomic E-state index is 0.418.